The van der Waals surface area contributed by atoms with E-state index in [-0.39, 0.29) is 0 Å². The average molecular weight is 216 g/mol. The van der Waals surface area contributed by atoms with Crippen LogP contribution in [-0.2, 0) is 13.6 Å². The summed E-state index contributed by atoms with van der Waals surface area (Å²) in [5, 5.41) is 3.36. The van der Waals surface area contributed by atoms with Crippen LogP contribution in [0, 0.1) is 0 Å². The Kier molecular flexibility index (Phi) is 3.15. The van der Waals surface area contributed by atoms with Gasteiger partial charge in [0, 0.05) is 26.0 Å². The monoisotopic (exact) mass is 216 g/mol. The van der Waals surface area contributed by atoms with E-state index >= 15 is 0 Å². The third-order valence-corrected chi connectivity index (χ3v) is 2.48. The summed E-state index contributed by atoms with van der Waals surface area (Å²) in [5.74, 6) is 0.874. The first-order valence-electron chi connectivity index (χ1n) is 5.27. The molecule has 1 N–H and O–H groups in total. The Bertz CT molecular complexity index is 462. The summed E-state index contributed by atoms with van der Waals surface area (Å²) in [4.78, 5) is 0. The first kappa shape index (κ1) is 10.6. The number of rotatable bonds is 4. The molecule has 1 aromatic carbocycles. The van der Waals surface area contributed by atoms with Crippen LogP contribution in [0.3, 0.4) is 0 Å². The van der Waals surface area contributed by atoms with Crippen molar-refractivity contribution in [1.29, 1.82) is 0 Å². The Labute approximate surface area is 95.7 Å². The molecule has 0 saturated carbocycles. The van der Waals surface area contributed by atoms with Gasteiger partial charge in [-0.1, -0.05) is 12.1 Å². The fourth-order valence-corrected chi connectivity index (χ4v) is 1.65. The van der Waals surface area contributed by atoms with Crippen LogP contribution in [0.2, 0.25) is 0 Å². The number of hydrogen-bond acceptors (Lipinski definition) is 2. The van der Waals surface area contributed by atoms with Crippen molar-refractivity contribution >= 4 is 5.69 Å². The molecule has 3 heteroatoms. The van der Waals surface area contributed by atoms with Crippen LogP contribution in [-0.4, -0.2) is 11.7 Å². The van der Waals surface area contributed by atoms with E-state index in [2.05, 4.69) is 17.6 Å². The summed E-state index contributed by atoms with van der Waals surface area (Å²) in [5.41, 5.74) is 2.28. The molecule has 0 aliphatic carbocycles. The van der Waals surface area contributed by atoms with Crippen LogP contribution >= 0.6 is 0 Å². The number of hydrogen-bond donors (Lipinski definition) is 1. The maximum absolute atomic E-state index is 5.27. The van der Waals surface area contributed by atoms with Crippen molar-refractivity contribution in [3.63, 3.8) is 0 Å². The number of nitrogens with zero attached hydrogens (tertiary/aromatic N) is 1. The second kappa shape index (κ2) is 4.75. The van der Waals surface area contributed by atoms with E-state index in [1.807, 2.05) is 42.1 Å². The first-order chi connectivity index (χ1) is 7.79. The van der Waals surface area contributed by atoms with Gasteiger partial charge in [0.25, 0.3) is 0 Å². The molecule has 0 spiro atoms. The van der Waals surface area contributed by atoms with Gasteiger partial charge < -0.3 is 14.6 Å². The van der Waals surface area contributed by atoms with Gasteiger partial charge >= 0.3 is 0 Å². The number of nitrogens with one attached hydrogen (secondary N) is 1. The number of para-hydroxylation sites is 2. The van der Waals surface area contributed by atoms with Crippen molar-refractivity contribution in [2.75, 3.05) is 12.4 Å². The zero-order valence-corrected chi connectivity index (χ0v) is 9.60. The lowest BCUT2D eigenvalue weighted by molar-refractivity contribution is 0.416. The molecule has 1 aromatic heterocycles. The maximum atomic E-state index is 5.27. The van der Waals surface area contributed by atoms with Crippen LogP contribution in [0.25, 0.3) is 0 Å². The van der Waals surface area contributed by atoms with Gasteiger partial charge in [-0.25, -0.2) is 0 Å². The molecule has 0 unspecified atom stereocenters. The molecule has 0 atom stereocenters. The van der Waals surface area contributed by atoms with Crippen LogP contribution in [0.15, 0.2) is 42.7 Å². The second-order valence-corrected chi connectivity index (χ2v) is 3.74. The lowest BCUT2D eigenvalue weighted by Gasteiger charge is -2.09. The van der Waals surface area contributed by atoms with Crippen LogP contribution < -0.4 is 10.1 Å². The van der Waals surface area contributed by atoms with E-state index in [0.29, 0.717) is 0 Å². The Hall–Kier alpha value is -1.90. The van der Waals surface area contributed by atoms with E-state index < -0.39 is 0 Å². The summed E-state index contributed by atoms with van der Waals surface area (Å²) >= 11 is 0. The molecule has 84 valence electrons. The highest BCUT2D eigenvalue weighted by molar-refractivity contribution is 5.56. The lowest BCUT2D eigenvalue weighted by Crippen LogP contribution is -2.00. The zero-order valence-electron chi connectivity index (χ0n) is 9.60. The molecule has 1 heterocycles. The summed E-state index contributed by atoms with van der Waals surface area (Å²) in [6, 6.07) is 10.0. The van der Waals surface area contributed by atoms with Crippen LogP contribution in [0.1, 0.15) is 5.56 Å². The highest BCUT2D eigenvalue weighted by Gasteiger charge is 2.00. The third-order valence-electron chi connectivity index (χ3n) is 2.48. The smallest absolute Gasteiger partial charge is 0.141 e. The van der Waals surface area contributed by atoms with Crippen molar-refractivity contribution in [3.8, 4) is 5.75 Å². The minimum absolute atomic E-state index is 0.807. The molecule has 0 radical (unpaired) electrons. The fourth-order valence-electron chi connectivity index (χ4n) is 1.65. The van der Waals surface area contributed by atoms with Gasteiger partial charge in [-0.05, 0) is 23.8 Å². The molecule has 0 aliphatic heterocycles. The number of ether oxygens (including phenoxy) is 1. The Morgan fingerprint density at radius 3 is 2.75 bits per heavy atom. The summed E-state index contributed by atoms with van der Waals surface area (Å²) in [6.45, 7) is 0.807. The van der Waals surface area contributed by atoms with Gasteiger partial charge in [-0.3, -0.25) is 0 Å². The topological polar surface area (TPSA) is 26.2 Å². The molecule has 0 amide bonds. The quantitative estimate of drug-likeness (QED) is 0.850. The minimum atomic E-state index is 0.807. The predicted octanol–water partition coefficient (Wildman–Crippen LogP) is 2.65. The van der Waals surface area contributed by atoms with Crippen LogP contribution in [0.4, 0.5) is 5.69 Å². The molecular weight excluding hydrogens is 200 g/mol. The van der Waals surface area contributed by atoms with Gasteiger partial charge in [-0.15, -0.1) is 0 Å². The van der Waals surface area contributed by atoms with Gasteiger partial charge in [0.05, 0.1) is 12.8 Å². The summed E-state index contributed by atoms with van der Waals surface area (Å²) < 4.78 is 7.31. The van der Waals surface area contributed by atoms with E-state index in [0.717, 1.165) is 18.0 Å². The standard InChI is InChI=1S/C13H16N2O/c1-15-8-7-11(10-15)9-14-12-5-3-4-6-13(12)16-2/h3-8,10,14H,9H2,1-2H3. The number of aromatic nitrogens is 1. The Morgan fingerprint density at radius 2 is 2.06 bits per heavy atom. The van der Waals surface area contributed by atoms with Crippen molar-refractivity contribution < 1.29 is 4.74 Å². The van der Waals surface area contributed by atoms with Crippen molar-refractivity contribution in [3.05, 3.63) is 48.3 Å². The van der Waals surface area contributed by atoms with Gasteiger partial charge in [0.2, 0.25) is 0 Å². The Morgan fingerprint density at radius 1 is 1.25 bits per heavy atom. The number of methoxy groups -OCH3 is 1. The number of aryl methyl sites for hydroxylation is 1. The second-order valence-electron chi connectivity index (χ2n) is 3.74. The van der Waals surface area contributed by atoms with Gasteiger partial charge in [-0.2, -0.15) is 0 Å². The number of benzene rings is 1. The SMILES string of the molecule is COc1ccccc1NCc1ccn(C)c1. The predicted molar refractivity (Wildman–Crippen MR) is 65.7 cm³/mol. The highest BCUT2D eigenvalue weighted by Crippen LogP contribution is 2.23. The van der Waals surface area contributed by atoms with Crippen molar-refractivity contribution in [1.82, 2.24) is 4.57 Å². The molecule has 0 aliphatic rings. The maximum Gasteiger partial charge on any atom is 0.141 e. The van der Waals surface area contributed by atoms with E-state index in [4.69, 9.17) is 4.74 Å². The zero-order chi connectivity index (χ0) is 11.4. The summed E-state index contributed by atoms with van der Waals surface area (Å²) in [6.07, 6.45) is 4.14. The van der Waals surface area contributed by atoms with E-state index in [9.17, 15) is 0 Å². The minimum Gasteiger partial charge on any atom is -0.495 e. The number of anilines is 1. The molecule has 2 aromatic rings. The Balaban J connectivity index is 2.04. The molecule has 0 fully saturated rings. The lowest BCUT2D eigenvalue weighted by atomic mass is 10.2. The van der Waals surface area contributed by atoms with Gasteiger partial charge in [0.15, 0.2) is 0 Å². The molecular formula is C13H16N2O. The normalized spacial score (nSPS) is 10.1. The fraction of sp³-hybridized carbons (Fsp3) is 0.231. The van der Waals surface area contributed by atoms with E-state index in [1.165, 1.54) is 5.56 Å². The molecule has 0 saturated heterocycles. The largest absolute Gasteiger partial charge is 0.495 e. The molecule has 2 rings (SSSR count). The van der Waals surface area contributed by atoms with Crippen molar-refractivity contribution in [2.24, 2.45) is 7.05 Å². The highest BCUT2D eigenvalue weighted by atomic mass is 16.5. The molecule has 0 bridgehead atoms. The van der Waals surface area contributed by atoms with Gasteiger partial charge in [0.1, 0.15) is 5.75 Å². The molecule has 16 heavy (non-hydrogen) atoms. The van der Waals surface area contributed by atoms with Crippen molar-refractivity contribution in [2.45, 2.75) is 6.54 Å². The van der Waals surface area contributed by atoms with Crippen LogP contribution in [0.5, 0.6) is 5.75 Å². The third kappa shape index (κ3) is 2.37. The first-order valence-corrected chi connectivity index (χ1v) is 5.27. The summed E-state index contributed by atoms with van der Waals surface area (Å²) in [7, 11) is 3.70. The molecule has 3 nitrogen and oxygen atoms in total. The average Bonchev–Trinajstić information content (AvgIpc) is 2.73. The van der Waals surface area contributed by atoms with E-state index in [1.54, 1.807) is 7.11 Å².